The molecule has 0 spiro atoms. The molecule has 1 aliphatic rings. The van der Waals surface area contributed by atoms with Crippen LogP contribution in [-0.4, -0.2) is 34.1 Å². The molecule has 2 heterocycles. The molecule has 2 amide bonds. The first kappa shape index (κ1) is 21.6. The molecule has 0 radical (unpaired) electrons. The fourth-order valence-electron chi connectivity index (χ4n) is 3.87. The van der Waals surface area contributed by atoms with Crippen molar-refractivity contribution < 1.29 is 18.0 Å². The number of hydrogen-bond donors (Lipinski definition) is 0. The van der Waals surface area contributed by atoms with Crippen LogP contribution in [0.1, 0.15) is 32.1 Å². The molecule has 3 aromatic carbocycles. The number of amides is 2. The number of imide groups is 1. The Morgan fingerprint density at radius 2 is 1.52 bits per heavy atom. The maximum atomic E-state index is 13.7. The lowest BCUT2D eigenvalue weighted by Crippen LogP contribution is -2.31. The average Bonchev–Trinajstić information content (AvgIpc) is 3.25. The van der Waals surface area contributed by atoms with Gasteiger partial charge in [0.25, 0.3) is 21.8 Å². The normalized spacial score (nSPS) is 13.7. The Kier molecular flexibility index (Phi) is 5.04. The van der Waals surface area contributed by atoms with Crippen molar-refractivity contribution in [2.24, 2.45) is 0 Å². The van der Waals surface area contributed by atoms with Gasteiger partial charge in [-0.2, -0.15) is 0 Å². The van der Waals surface area contributed by atoms with Crippen LogP contribution in [-0.2, 0) is 16.6 Å². The van der Waals surface area contributed by atoms with Crippen LogP contribution in [0, 0.1) is 6.92 Å². The van der Waals surface area contributed by atoms with Crippen molar-refractivity contribution in [2.75, 3.05) is 0 Å². The molecule has 1 aliphatic heterocycles. The van der Waals surface area contributed by atoms with Crippen LogP contribution in [0.25, 0.3) is 11.0 Å². The standard InChI is InChI=1S/C23H15Cl2N3O4S/c1-13-5-4-6-14(9-13)33(31,32)28-20-11-18(25)17(24)10-19(20)26-21(28)12-27-22(29)15-7-2-3-8-16(15)23(27)30/h2-11H,12H2,1H3. The molecule has 0 atom stereocenters. The van der Waals surface area contributed by atoms with E-state index in [0.29, 0.717) is 0 Å². The molecule has 0 saturated carbocycles. The topological polar surface area (TPSA) is 89.3 Å². The van der Waals surface area contributed by atoms with E-state index < -0.39 is 21.8 Å². The summed E-state index contributed by atoms with van der Waals surface area (Å²) in [6.07, 6.45) is 0. The molecular weight excluding hydrogens is 485 g/mol. The molecule has 7 nitrogen and oxygen atoms in total. The number of hydrogen-bond acceptors (Lipinski definition) is 5. The fraction of sp³-hybridized carbons (Fsp3) is 0.0870. The molecule has 0 saturated heterocycles. The van der Waals surface area contributed by atoms with Crippen molar-refractivity contribution >= 4 is 56.1 Å². The number of benzene rings is 3. The smallest absolute Gasteiger partial charge is 0.269 e. The number of carbonyl (C=O) groups excluding carboxylic acids is 2. The lowest BCUT2D eigenvalue weighted by molar-refractivity contribution is 0.0638. The Hall–Kier alpha value is -3.20. The van der Waals surface area contributed by atoms with Crippen molar-refractivity contribution in [3.63, 3.8) is 0 Å². The zero-order valence-corrected chi connectivity index (χ0v) is 19.4. The molecule has 0 unspecified atom stereocenters. The van der Waals surface area contributed by atoms with Gasteiger partial charge in [-0.05, 0) is 48.9 Å². The van der Waals surface area contributed by atoms with Crippen LogP contribution in [0.4, 0.5) is 0 Å². The summed E-state index contributed by atoms with van der Waals surface area (Å²) in [4.78, 5) is 31.2. The molecule has 33 heavy (non-hydrogen) atoms. The van der Waals surface area contributed by atoms with E-state index in [0.717, 1.165) is 14.4 Å². The molecule has 0 aliphatic carbocycles. The number of fused-ring (bicyclic) bond motifs is 2. The van der Waals surface area contributed by atoms with Crippen molar-refractivity contribution in [3.05, 3.63) is 93.2 Å². The molecule has 0 bridgehead atoms. The molecule has 166 valence electrons. The van der Waals surface area contributed by atoms with Gasteiger partial charge in [-0.3, -0.25) is 14.5 Å². The van der Waals surface area contributed by atoms with E-state index in [-0.39, 0.29) is 49.5 Å². The van der Waals surface area contributed by atoms with Gasteiger partial charge in [-0.25, -0.2) is 17.4 Å². The number of imidazole rings is 1. The third kappa shape index (κ3) is 3.42. The zero-order valence-electron chi connectivity index (χ0n) is 17.1. The second-order valence-electron chi connectivity index (χ2n) is 7.61. The number of carbonyl (C=O) groups is 2. The number of halogens is 2. The molecule has 10 heteroatoms. The van der Waals surface area contributed by atoms with Crippen LogP contribution >= 0.6 is 23.2 Å². The van der Waals surface area contributed by atoms with E-state index in [9.17, 15) is 18.0 Å². The maximum Gasteiger partial charge on any atom is 0.269 e. The zero-order chi connectivity index (χ0) is 23.5. The van der Waals surface area contributed by atoms with E-state index in [4.69, 9.17) is 23.2 Å². The molecule has 0 N–H and O–H groups in total. The molecule has 5 rings (SSSR count). The van der Waals surface area contributed by atoms with E-state index in [1.54, 1.807) is 43.3 Å². The van der Waals surface area contributed by atoms with E-state index in [1.807, 2.05) is 0 Å². The first-order chi connectivity index (χ1) is 15.7. The predicted octanol–water partition coefficient (Wildman–Crippen LogP) is 4.68. The quantitative estimate of drug-likeness (QED) is 0.380. The molecule has 4 aromatic rings. The summed E-state index contributed by atoms with van der Waals surface area (Å²) >= 11 is 12.3. The SMILES string of the molecule is Cc1cccc(S(=O)(=O)n2c(CN3C(=O)c4ccccc4C3=O)nc3cc(Cl)c(Cl)cc32)c1. The highest BCUT2D eigenvalue weighted by Crippen LogP contribution is 2.32. The highest BCUT2D eigenvalue weighted by atomic mass is 35.5. The summed E-state index contributed by atoms with van der Waals surface area (Å²) in [5.41, 5.74) is 1.74. The fourth-order valence-corrected chi connectivity index (χ4v) is 5.77. The summed E-state index contributed by atoms with van der Waals surface area (Å²) < 4.78 is 28.4. The van der Waals surface area contributed by atoms with Gasteiger partial charge < -0.3 is 0 Å². The van der Waals surface area contributed by atoms with Gasteiger partial charge in [0.2, 0.25) is 0 Å². The molecule has 0 fully saturated rings. The first-order valence-corrected chi connectivity index (χ1v) is 12.0. The van der Waals surface area contributed by atoms with Crippen molar-refractivity contribution in [3.8, 4) is 0 Å². The van der Waals surface area contributed by atoms with Crippen LogP contribution in [0.5, 0.6) is 0 Å². The van der Waals surface area contributed by atoms with Gasteiger partial charge in [0.1, 0.15) is 5.82 Å². The molecular formula is C23H15Cl2N3O4S. The van der Waals surface area contributed by atoms with Crippen molar-refractivity contribution in [1.29, 1.82) is 0 Å². The predicted molar refractivity (Wildman–Crippen MR) is 124 cm³/mol. The summed E-state index contributed by atoms with van der Waals surface area (Å²) in [6, 6.07) is 15.7. The lowest BCUT2D eigenvalue weighted by atomic mass is 10.1. The summed E-state index contributed by atoms with van der Waals surface area (Å²) in [5, 5.41) is 0.353. The summed E-state index contributed by atoms with van der Waals surface area (Å²) in [5.74, 6) is -1.05. The van der Waals surface area contributed by atoms with Crippen LogP contribution in [0.2, 0.25) is 10.0 Å². The van der Waals surface area contributed by atoms with Crippen molar-refractivity contribution in [2.45, 2.75) is 18.4 Å². The average molecular weight is 500 g/mol. The van der Waals surface area contributed by atoms with Gasteiger partial charge in [-0.1, -0.05) is 47.5 Å². The minimum Gasteiger partial charge on any atom is -0.269 e. The monoisotopic (exact) mass is 499 g/mol. The van der Waals surface area contributed by atoms with E-state index in [2.05, 4.69) is 4.98 Å². The number of rotatable bonds is 4. The van der Waals surface area contributed by atoms with Crippen molar-refractivity contribution in [1.82, 2.24) is 13.9 Å². The first-order valence-electron chi connectivity index (χ1n) is 9.82. The van der Waals surface area contributed by atoms with E-state index >= 15 is 0 Å². The minimum atomic E-state index is -4.15. The van der Waals surface area contributed by atoms with Gasteiger partial charge in [0, 0.05) is 0 Å². The third-order valence-electron chi connectivity index (χ3n) is 5.43. The van der Waals surface area contributed by atoms with Gasteiger partial charge in [0.05, 0.1) is 43.6 Å². The highest BCUT2D eigenvalue weighted by molar-refractivity contribution is 7.90. The lowest BCUT2D eigenvalue weighted by Gasteiger charge is -2.16. The van der Waals surface area contributed by atoms with Crippen LogP contribution < -0.4 is 0 Å². The molecule has 1 aromatic heterocycles. The van der Waals surface area contributed by atoms with Crippen LogP contribution in [0.3, 0.4) is 0 Å². The summed E-state index contributed by atoms with van der Waals surface area (Å²) in [6.45, 7) is 1.43. The number of aryl methyl sites for hydroxylation is 1. The Balaban J connectivity index is 1.70. The highest BCUT2D eigenvalue weighted by Gasteiger charge is 2.37. The van der Waals surface area contributed by atoms with Crippen LogP contribution in [0.15, 0.2) is 65.6 Å². The Morgan fingerprint density at radius 3 is 2.15 bits per heavy atom. The third-order valence-corrected chi connectivity index (χ3v) is 7.89. The van der Waals surface area contributed by atoms with Gasteiger partial charge in [0.15, 0.2) is 0 Å². The largest absolute Gasteiger partial charge is 0.269 e. The Labute approximate surface area is 199 Å². The number of nitrogens with zero attached hydrogens (tertiary/aromatic N) is 3. The Morgan fingerprint density at radius 1 is 0.879 bits per heavy atom. The van der Waals surface area contributed by atoms with E-state index in [1.165, 1.54) is 24.3 Å². The number of aromatic nitrogens is 2. The summed E-state index contributed by atoms with van der Waals surface area (Å²) in [7, 11) is -4.15. The minimum absolute atomic E-state index is 0.0145. The van der Waals surface area contributed by atoms with Gasteiger partial charge >= 0.3 is 0 Å². The maximum absolute atomic E-state index is 13.7. The second-order valence-corrected chi connectivity index (χ2v) is 10.2. The Bertz CT molecular complexity index is 1560. The second kappa shape index (κ2) is 7.69. The van der Waals surface area contributed by atoms with Gasteiger partial charge in [-0.15, -0.1) is 0 Å².